The molecule has 5 N–H and O–H groups in total. The predicted octanol–water partition coefficient (Wildman–Crippen LogP) is 8.19. The van der Waals surface area contributed by atoms with Crippen LogP contribution in [0, 0.1) is 10.8 Å². The number of ether oxygens (including phenoxy) is 2. The van der Waals surface area contributed by atoms with Crippen LogP contribution in [0.1, 0.15) is 134 Å². The molecule has 83 heavy (non-hydrogen) atoms. The van der Waals surface area contributed by atoms with Crippen molar-refractivity contribution in [2.75, 3.05) is 27.3 Å². The van der Waals surface area contributed by atoms with Crippen LogP contribution in [0.3, 0.4) is 0 Å². The van der Waals surface area contributed by atoms with Crippen molar-refractivity contribution in [1.29, 1.82) is 0 Å². The first-order valence-electron chi connectivity index (χ1n) is 29.0. The van der Waals surface area contributed by atoms with Crippen molar-refractivity contribution < 1.29 is 43.0 Å². The summed E-state index contributed by atoms with van der Waals surface area (Å²) in [5.74, 6) is -2.02. The molecule has 8 atom stereocenters. The molecular formula is C65H85N9O9. The Labute approximate surface area is 488 Å². The maximum atomic E-state index is 15.5. The monoisotopic (exact) mass is 1140 g/mol. The van der Waals surface area contributed by atoms with E-state index in [0.29, 0.717) is 18.4 Å². The van der Waals surface area contributed by atoms with E-state index >= 15 is 9.59 Å². The fourth-order valence-corrected chi connectivity index (χ4v) is 11.5. The number of carbonyl (C=O) groups excluding carboxylic acids is 7. The Morgan fingerprint density at radius 3 is 2.08 bits per heavy atom. The van der Waals surface area contributed by atoms with Gasteiger partial charge >= 0.3 is 12.1 Å². The molecule has 7 amide bonds. The van der Waals surface area contributed by atoms with Crippen molar-refractivity contribution in [2.24, 2.45) is 16.6 Å². The summed E-state index contributed by atoms with van der Waals surface area (Å²) < 4.78 is 12.8. The average molecular weight is 1140 g/mol. The van der Waals surface area contributed by atoms with Crippen molar-refractivity contribution in [3.05, 3.63) is 143 Å². The van der Waals surface area contributed by atoms with Gasteiger partial charge in [0.2, 0.25) is 29.5 Å². The molecule has 18 nitrogen and oxygen atoms in total. The van der Waals surface area contributed by atoms with E-state index in [0.717, 1.165) is 51.6 Å². The minimum absolute atomic E-state index is 0.0330. The van der Waals surface area contributed by atoms with Gasteiger partial charge in [0.1, 0.15) is 29.8 Å². The molecule has 0 bridgehead atoms. The highest BCUT2D eigenvalue weighted by Crippen LogP contribution is 2.35. The average Bonchev–Trinajstić information content (AvgIpc) is 3.82. The van der Waals surface area contributed by atoms with Crippen LogP contribution in [-0.4, -0.2) is 135 Å². The van der Waals surface area contributed by atoms with Gasteiger partial charge in [0.05, 0.1) is 36.3 Å². The first-order valence-corrected chi connectivity index (χ1v) is 29.0. The van der Waals surface area contributed by atoms with E-state index in [1.807, 2.05) is 139 Å². The van der Waals surface area contributed by atoms with E-state index in [-0.39, 0.29) is 56.4 Å². The Morgan fingerprint density at radius 1 is 0.759 bits per heavy atom. The van der Waals surface area contributed by atoms with Crippen molar-refractivity contribution in [2.45, 2.75) is 168 Å². The molecule has 0 unspecified atom stereocenters. The molecule has 0 spiro atoms. The van der Waals surface area contributed by atoms with Crippen LogP contribution in [0.4, 0.5) is 9.59 Å². The first-order chi connectivity index (χ1) is 39.1. The summed E-state index contributed by atoms with van der Waals surface area (Å²) in [5.41, 5.74) is 10.8. The Balaban J connectivity index is 1.06. The third-order valence-corrected chi connectivity index (χ3v) is 16.5. The molecule has 1 saturated heterocycles. The van der Waals surface area contributed by atoms with Crippen molar-refractivity contribution in [3.63, 3.8) is 0 Å². The van der Waals surface area contributed by atoms with Gasteiger partial charge in [0.15, 0.2) is 0 Å². The van der Waals surface area contributed by atoms with Crippen molar-refractivity contribution in [3.8, 4) is 0 Å². The number of likely N-dealkylation sites (N-methyl/N-ethyl adjacent to an activating group) is 1. The number of hydrogen-bond acceptors (Lipinski definition) is 10. The molecule has 1 aliphatic carbocycles. The topological polar surface area (TPSA) is 218 Å². The molecule has 0 radical (unpaired) electrons. The number of hydrogen-bond donors (Lipinski definition) is 4. The smallest absolute Gasteiger partial charge is 0.410 e. The largest absolute Gasteiger partial charge is 0.444 e. The fourth-order valence-electron chi connectivity index (χ4n) is 11.5. The summed E-state index contributed by atoms with van der Waals surface area (Å²) >= 11 is 0. The number of carbonyl (C=O) groups is 7. The number of amides is 7. The van der Waals surface area contributed by atoms with Crippen LogP contribution in [0.25, 0.3) is 10.9 Å². The molecule has 5 aromatic rings. The second-order valence-electron chi connectivity index (χ2n) is 25.8. The van der Waals surface area contributed by atoms with Crippen LogP contribution in [0.2, 0.25) is 0 Å². The number of nitrogens with one attached hydrogen (secondary N) is 3. The normalized spacial score (nSPS) is 19.5. The van der Waals surface area contributed by atoms with E-state index in [9.17, 15) is 24.0 Å². The third-order valence-electron chi connectivity index (χ3n) is 16.5. The van der Waals surface area contributed by atoms with Gasteiger partial charge in [-0.1, -0.05) is 126 Å². The molecule has 0 saturated carbocycles. The number of likely N-dealkylation sites (tertiary alicyclic amines) is 1. The van der Waals surface area contributed by atoms with E-state index in [2.05, 4.69) is 22.0 Å². The Kier molecular flexibility index (Phi) is 18.6. The summed E-state index contributed by atoms with van der Waals surface area (Å²) in [6, 6.07) is 26.1. The summed E-state index contributed by atoms with van der Waals surface area (Å²) in [4.78, 5) is 107. The molecule has 2 aliphatic heterocycles. The van der Waals surface area contributed by atoms with Crippen LogP contribution < -0.4 is 21.7 Å². The molecule has 3 aliphatic rings. The summed E-state index contributed by atoms with van der Waals surface area (Å²) in [6.07, 6.45) is 3.83. The molecule has 3 heterocycles. The Bertz CT molecular complexity index is 3190. The van der Waals surface area contributed by atoms with Gasteiger partial charge in [-0.3, -0.25) is 33.4 Å². The minimum atomic E-state index is -1.14. The lowest BCUT2D eigenvalue weighted by atomic mass is 9.84. The van der Waals surface area contributed by atoms with Gasteiger partial charge in [-0.2, -0.15) is 0 Å². The lowest BCUT2D eigenvalue weighted by Gasteiger charge is -2.43. The molecule has 4 aromatic carbocycles. The molecule has 18 heteroatoms. The number of nitrogens with zero attached hydrogens (tertiary/aromatic N) is 5. The molecule has 444 valence electrons. The highest BCUT2D eigenvalue weighted by atomic mass is 16.6. The number of nitrogens with two attached hydrogens (primary N) is 1. The SMILES string of the molecule is COC[C@@H](c1ccccc1)N(Cc1ccc2c(ccn2C(=O)N[C@H]2C[C@@H](C(=O)N[C@@H]3CCCc4ccccc43)N(C(=O)[C@@H](NC(=O)[C@H](C)N(C)C(=O)OC(C)(C)C)C(C)(C)C)C2)c1)C(=O)[C@@H]1Cc2ccccc2CN1C(=O)[C@@H](N)C(C)(C)C. The number of aryl methyl sites for hydroxylation is 1. The zero-order chi connectivity index (χ0) is 60.3. The second kappa shape index (κ2) is 25.1. The lowest BCUT2D eigenvalue weighted by molar-refractivity contribution is -0.151. The maximum absolute atomic E-state index is 15.5. The fraction of sp³-hybridized carbons (Fsp3) is 0.492. The number of fused-ring (bicyclic) bond motifs is 3. The Morgan fingerprint density at radius 2 is 1.42 bits per heavy atom. The zero-order valence-electron chi connectivity index (χ0n) is 50.4. The van der Waals surface area contributed by atoms with Gasteiger partial charge in [-0.25, -0.2) is 9.59 Å². The van der Waals surface area contributed by atoms with Gasteiger partial charge in [-0.15, -0.1) is 0 Å². The van der Waals surface area contributed by atoms with E-state index in [1.165, 1.54) is 21.4 Å². The van der Waals surface area contributed by atoms with E-state index < -0.39 is 82.7 Å². The zero-order valence-corrected chi connectivity index (χ0v) is 50.4. The summed E-state index contributed by atoms with van der Waals surface area (Å²) in [5, 5.41) is 10.0. The van der Waals surface area contributed by atoms with Crippen LogP contribution in [-0.2, 0) is 59.4 Å². The highest BCUT2D eigenvalue weighted by Gasteiger charge is 2.47. The van der Waals surface area contributed by atoms with Crippen LogP contribution in [0.15, 0.2) is 109 Å². The third kappa shape index (κ3) is 14.1. The Hall–Kier alpha value is -7.57. The molecule has 8 rings (SSSR count). The quantitative estimate of drug-likeness (QED) is 0.0788. The van der Waals surface area contributed by atoms with Crippen molar-refractivity contribution in [1.82, 2.24) is 40.1 Å². The second-order valence-corrected chi connectivity index (χ2v) is 25.8. The molecule has 1 aromatic heterocycles. The van der Waals surface area contributed by atoms with Gasteiger partial charge in [0.25, 0.3) is 0 Å². The standard InChI is InChI=1S/C65H85N9O9/c1-40(70(11)62(81)83-65(8,9)10)56(75)69-55(64(5,6)7)60(79)74-38-47(35-51(74)57(76)68-49-28-20-26-42-21-18-19-27-48(42)49)67-61(80)71-32-31-45-33-41(29-30-50(45)71)36-72(53(39-82-12)43-22-14-13-15-23-43)58(77)52-34-44-24-16-17-25-46(44)37-73(52)59(78)54(66)63(2,3)4/h13-19,21-25,27,29-33,40,47,49,51-55H,20,26,28,34-39,66H2,1-12H3,(H,67,80)(H,68,76)(H,69,75)/t40-,47-,49+,51-,52-,53-,54+,55+/m0/s1. The van der Waals surface area contributed by atoms with Crippen LogP contribution >= 0.6 is 0 Å². The van der Waals surface area contributed by atoms with Crippen LogP contribution in [0.5, 0.6) is 0 Å². The van der Waals surface area contributed by atoms with E-state index in [1.54, 1.807) is 50.8 Å². The number of benzene rings is 4. The van der Waals surface area contributed by atoms with E-state index in [4.69, 9.17) is 15.2 Å². The van der Waals surface area contributed by atoms with Gasteiger partial charge in [-0.05, 0) is 116 Å². The lowest BCUT2D eigenvalue weighted by Crippen LogP contribution is -2.60. The molecular weight excluding hydrogens is 1050 g/mol. The maximum Gasteiger partial charge on any atom is 0.410 e. The van der Waals surface area contributed by atoms with Crippen molar-refractivity contribution >= 4 is 52.6 Å². The highest BCUT2D eigenvalue weighted by molar-refractivity contribution is 5.96. The summed E-state index contributed by atoms with van der Waals surface area (Å²) in [6.45, 7) is 18.5. The minimum Gasteiger partial charge on any atom is -0.444 e. The van der Waals surface area contributed by atoms with Gasteiger partial charge in [0, 0.05) is 51.8 Å². The predicted molar refractivity (Wildman–Crippen MR) is 318 cm³/mol. The molecule has 1 fully saturated rings. The van der Waals surface area contributed by atoms with Gasteiger partial charge < -0.3 is 45.9 Å². The number of rotatable bonds is 15. The first kappa shape index (κ1) is 61.5. The number of aromatic nitrogens is 1. The number of methoxy groups -OCH3 is 1. The summed E-state index contributed by atoms with van der Waals surface area (Å²) in [7, 11) is 3.06.